The van der Waals surface area contributed by atoms with E-state index in [-0.39, 0.29) is 12.0 Å². The summed E-state index contributed by atoms with van der Waals surface area (Å²) in [6, 6.07) is -0.0851. The number of aliphatic hydroxyl groups excluding tert-OH is 1. The van der Waals surface area contributed by atoms with Crippen LogP contribution in [0.1, 0.15) is 31.7 Å². The molecule has 2 aromatic rings. The Morgan fingerprint density at radius 1 is 1.25 bits per heavy atom. The van der Waals surface area contributed by atoms with Gasteiger partial charge in [0.2, 0.25) is 5.95 Å². The van der Waals surface area contributed by atoms with Gasteiger partial charge in [-0.25, -0.2) is 4.68 Å². The average molecular weight is 277 g/mol. The molecule has 0 amide bonds. The minimum atomic E-state index is -0.410. The van der Waals surface area contributed by atoms with E-state index in [4.69, 9.17) is 5.73 Å². The van der Waals surface area contributed by atoms with Crippen molar-refractivity contribution in [2.45, 2.75) is 37.8 Å². The standard InChI is InChI=1S/C12H19N7O/c1-18(2)10-9-11(15-12(13)14-10)19(17-16-9)7-5-3-4-6-8(7)20/h7-8,20H,3-6H2,1-2H3,(H2,13,14,15)/t7-,8+/m0/s1. The number of nitrogens with zero attached hydrogens (tertiary/aromatic N) is 6. The van der Waals surface area contributed by atoms with Gasteiger partial charge in [-0.15, -0.1) is 5.10 Å². The second kappa shape index (κ2) is 4.86. The number of aliphatic hydroxyl groups is 1. The van der Waals surface area contributed by atoms with Crippen LogP contribution in [0.2, 0.25) is 0 Å². The van der Waals surface area contributed by atoms with Gasteiger partial charge >= 0.3 is 0 Å². The molecule has 2 atom stereocenters. The lowest BCUT2D eigenvalue weighted by molar-refractivity contribution is 0.0703. The Labute approximate surface area is 116 Å². The molecule has 1 aliphatic carbocycles. The molecule has 1 fully saturated rings. The first-order chi connectivity index (χ1) is 9.58. The molecule has 2 aromatic heterocycles. The first-order valence-electron chi connectivity index (χ1n) is 6.81. The Bertz CT molecular complexity index is 624. The first-order valence-corrected chi connectivity index (χ1v) is 6.81. The van der Waals surface area contributed by atoms with Crippen molar-refractivity contribution in [3.63, 3.8) is 0 Å². The maximum atomic E-state index is 10.2. The van der Waals surface area contributed by atoms with Crippen LogP contribution in [0.15, 0.2) is 0 Å². The number of aromatic nitrogens is 5. The van der Waals surface area contributed by atoms with Crippen LogP contribution in [-0.2, 0) is 0 Å². The third kappa shape index (κ3) is 2.05. The van der Waals surface area contributed by atoms with Crippen LogP contribution in [-0.4, -0.2) is 50.3 Å². The van der Waals surface area contributed by atoms with Gasteiger partial charge in [0.15, 0.2) is 17.0 Å². The third-order valence-corrected chi connectivity index (χ3v) is 3.75. The minimum absolute atomic E-state index is 0.0851. The summed E-state index contributed by atoms with van der Waals surface area (Å²) >= 11 is 0. The molecule has 0 radical (unpaired) electrons. The predicted octanol–water partition coefficient (Wildman–Crippen LogP) is 0.345. The van der Waals surface area contributed by atoms with Crippen LogP contribution in [0, 0.1) is 0 Å². The lowest BCUT2D eigenvalue weighted by atomic mass is 9.93. The third-order valence-electron chi connectivity index (χ3n) is 3.75. The molecule has 0 aliphatic heterocycles. The SMILES string of the molecule is CN(C)c1nc(N)nc2c1nnn2[C@H]1CCCC[C@H]1O. The Hall–Kier alpha value is -1.96. The van der Waals surface area contributed by atoms with Crippen molar-refractivity contribution in [3.8, 4) is 0 Å². The van der Waals surface area contributed by atoms with Gasteiger partial charge in [-0.05, 0) is 12.8 Å². The molecule has 2 heterocycles. The van der Waals surface area contributed by atoms with E-state index < -0.39 is 6.10 Å². The largest absolute Gasteiger partial charge is 0.391 e. The molecule has 1 saturated carbocycles. The molecule has 0 spiro atoms. The summed E-state index contributed by atoms with van der Waals surface area (Å²) in [5.41, 5.74) is 6.98. The van der Waals surface area contributed by atoms with E-state index in [2.05, 4.69) is 20.3 Å². The molecule has 1 aliphatic rings. The molecule has 20 heavy (non-hydrogen) atoms. The van der Waals surface area contributed by atoms with E-state index in [0.29, 0.717) is 17.0 Å². The zero-order valence-electron chi connectivity index (χ0n) is 11.7. The van der Waals surface area contributed by atoms with Gasteiger partial charge in [-0.1, -0.05) is 18.1 Å². The van der Waals surface area contributed by atoms with Gasteiger partial charge in [-0.2, -0.15) is 9.97 Å². The van der Waals surface area contributed by atoms with Crippen LogP contribution in [0.3, 0.4) is 0 Å². The zero-order valence-corrected chi connectivity index (χ0v) is 11.7. The molecule has 3 rings (SSSR count). The topological polar surface area (TPSA) is 106 Å². The van der Waals surface area contributed by atoms with Crippen LogP contribution in [0.25, 0.3) is 11.2 Å². The predicted molar refractivity (Wildman–Crippen MR) is 75.4 cm³/mol. The minimum Gasteiger partial charge on any atom is -0.391 e. The molecule has 0 unspecified atom stereocenters. The van der Waals surface area contributed by atoms with Crippen molar-refractivity contribution < 1.29 is 5.11 Å². The fraction of sp³-hybridized carbons (Fsp3) is 0.667. The van der Waals surface area contributed by atoms with Crippen molar-refractivity contribution in [1.29, 1.82) is 0 Å². The summed E-state index contributed by atoms with van der Waals surface area (Å²) < 4.78 is 1.70. The molecule has 0 aromatic carbocycles. The Morgan fingerprint density at radius 2 is 2.00 bits per heavy atom. The number of nitrogen functional groups attached to an aromatic ring is 1. The van der Waals surface area contributed by atoms with Gasteiger partial charge in [-0.3, -0.25) is 0 Å². The summed E-state index contributed by atoms with van der Waals surface area (Å²) in [6.45, 7) is 0. The number of rotatable bonds is 2. The molecule has 0 saturated heterocycles. The van der Waals surface area contributed by atoms with Crippen molar-refractivity contribution >= 4 is 22.9 Å². The monoisotopic (exact) mass is 277 g/mol. The molecule has 8 nitrogen and oxygen atoms in total. The van der Waals surface area contributed by atoms with Crippen molar-refractivity contribution in [1.82, 2.24) is 25.0 Å². The highest BCUT2D eigenvalue weighted by molar-refractivity contribution is 5.83. The van der Waals surface area contributed by atoms with E-state index in [1.54, 1.807) is 4.68 Å². The number of fused-ring (bicyclic) bond motifs is 1. The van der Waals surface area contributed by atoms with E-state index in [9.17, 15) is 5.11 Å². The Morgan fingerprint density at radius 3 is 2.70 bits per heavy atom. The zero-order chi connectivity index (χ0) is 14.3. The van der Waals surface area contributed by atoms with E-state index in [1.807, 2.05) is 19.0 Å². The Kier molecular flexibility index (Phi) is 3.17. The molecular weight excluding hydrogens is 258 g/mol. The number of hydrogen-bond donors (Lipinski definition) is 2. The van der Waals surface area contributed by atoms with E-state index >= 15 is 0 Å². The summed E-state index contributed by atoms with van der Waals surface area (Å²) in [7, 11) is 3.74. The van der Waals surface area contributed by atoms with Crippen molar-refractivity contribution in [3.05, 3.63) is 0 Å². The quantitative estimate of drug-likeness (QED) is 0.815. The lowest BCUT2D eigenvalue weighted by Crippen LogP contribution is -2.28. The number of nitrogens with two attached hydrogens (primary N) is 1. The number of anilines is 2. The number of hydrogen-bond acceptors (Lipinski definition) is 7. The first kappa shape index (κ1) is 13.0. The highest BCUT2D eigenvalue weighted by atomic mass is 16.3. The van der Waals surface area contributed by atoms with E-state index in [1.165, 1.54) is 0 Å². The molecular formula is C12H19N7O. The van der Waals surface area contributed by atoms with Gasteiger partial charge < -0.3 is 15.7 Å². The highest BCUT2D eigenvalue weighted by Gasteiger charge is 2.28. The van der Waals surface area contributed by atoms with Crippen molar-refractivity contribution in [2.24, 2.45) is 0 Å². The molecule has 3 N–H and O–H groups in total. The van der Waals surface area contributed by atoms with Gasteiger partial charge in [0.1, 0.15) is 0 Å². The normalized spacial score (nSPS) is 23.1. The summed E-state index contributed by atoms with van der Waals surface area (Å²) in [4.78, 5) is 10.3. The lowest BCUT2D eigenvalue weighted by Gasteiger charge is -2.27. The molecule has 8 heteroatoms. The molecule has 108 valence electrons. The van der Waals surface area contributed by atoms with Gasteiger partial charge in [0, 0.05) is 14.1 Å². The van der Waals surface area contributed by atoms with Crippen molar-refractivity contribution in [2.75, 3.05) is 24.7 Å². The van der Waals surface area contributed by atoms with Crippen LogP contribution in [0.4, 0.5) is 11.8 Å². The van der Waals surface area contributed by atoms with Gasteiger partial charge in [0.05, 0.1) is 12.1 Å². The molecule has 0 bridgehead atoms. The smallest absolute Gasteiger partial charge is 0.224 e. The average Bonchev–Trinajstić information content (AvgIpc) is 2.81. The maximum absolute atomic E-state index is 10.2. The Balaban J connectivity index is 2.13. The van der Waals surface area contributed by atoms with Crippen LogP contribution >= 0.6 is 0 Å². The van der Waals surface area contributed by atoms with E-state index in [0.717, 1.165) is 25.7 Å². The maximum Gasteiger partial charge on any atom is 0.224 e. The van der Waals surface area contributed by atoms with Gasteiger partial charge in [0.25, 0.3) is 0 Å². The summed E-state index contributed by atoms with van der Waals surface area (Å²) in [5.74, 6) is 0.832. The fourth-order valence-electron chi connectivity index (χ4n) is 2.74. The van der Waals surface area contributed by atoms with Crippen LogP contribution in [0.5, 0.6) is 0 Å². The fourth-order valence-corrected chi connectivity index (χ4v) is 2.74. The van der Waals surface area contributed by atoms with Crippen LogP contribution < -0.4 is 10.6 Å². The summed E-state index contributed by atoms with van der Waals surface area (Å²) in [5, 5.41) is 18.5. The highest BCUT2D eigenvalue weighted by Crippen LogP contribution is 2.31. The second-order valence-corrected chi connectivity index (χ2v) is 5.43. The second-order valence-electron chi connectivity index (χ2n) is 5.43. The summed E-state index contributed by atoms with van der Waals surface area (Å²) in [6.07, 6.45) is 3.37.